The van der Waals surface area contributed by atoms with Crippen molar-refractivity contribution in [2.45, 2.75) is 33.2 Å². The normalized spacial score (nSPS) is 11.0. The predicted octanol–water partition coefficient (Wildman–Crippen LogP) is 3.48. The second-order valence-corrected chi connectivity index (χ2v) is 7.21. The SMILES string of the molecule is CCCc1nc2sc(C)c(-c3cccc(OC)c3)c2c(=O)n1CC(=O)O. The zero-order valence-electron chi connectivity index (χ0n) is 14.9. The maximum atomic E-state index is 13.2. The fourth-order valence-electron chi connectivity index (χ4n) is 3.08. The summed E-state index contributed by atoms with van der Waals surface area (Å²) in [4.78, 5) is 30.6. The Morgan fingerprint density at radius 1 is 1.38 bits per heavy atom. The largest absolute Gasteiger partial charge is 0.497 e. The first-order valence-corrected chi connectivity index (χ1v) is 9.17. The molecular formula is C19H20N2O4S. The quantitative estimate of drug-likeness (QED) is 0.716. The molecule has 0 spiro atoms. The van der Waals surface area contributed by atoms with Crippen LogP contribution in [0.3, 0.4) is 0 Å². The van der Waals surface area contributed by atoms with Gasteiger partial charge in [0.05, 0.1) is 12.5 Å². The van der Waals surface area contributed by atoms with Gasteiger partial charge in [0.25, 0.3) is 5.56 Å². The second kappa shape index (κ2) is 7.29. The summed E-state index contributed by atoms with van der Waals surface area (Å²) >= 11 is 1.46. The highest BCUT2D eigenvalue weighted by Crippen LogP contribution is 2.37. The third kappa shape index (κ3) is 3.22. The third-order valence-electron chi connectivity index (χ3n) is 4.19. The summed E-state index contributed by atoms with van der Waals surface area (Å²) in [5, 5.41) is 9.69. The Morgan fingerprint density at radius 3 is 2.81 bits per heavy atom. The predicted molar refractivity (Wildman–Crippen MR) is 102 cm³/mol. The Labute approximate surface area is 154 Å². The number of fused-ring (bicyclic) bond motifs is 1. The van der Waals surface area contributed by atoms with Gasteiger partial charge in [-0.15, -0.1) is 11.3 Å². The van der Waals surface area contributed by atoms with Gasteiger partial charge in [-0.25, -0.2) is 4.98 Å². The molecule has 3 rings (SSSR count). The lowest BCUT2D eigenvalue weighted by molar-refractivity contribution is -0.137. The van der Waals surface area contributed by atoms with Gasteiger partial charge < -0.3 is 9.84 Å². The molecule has 7 heteroatoms. The zero-order chi connectivity index (χ0) is 18.8. The summed E-state index contributed by atoms with van der Waals surface area (Å²) in [5.74, 6) is 0.161. The Hall–Kier alpha value is -2.67. The van der Waals surface area contributed by atoms with Crippen molar-refractivity contribution in [3.8, 4) is 16.9 Å². The van der Waals surface area contributed by atoms with E-state index in [1.165, 1.54) is 15.9 Å². The van der Waals surface area contributed by atoms with E-state index >= 15 is 0 Å². The van der Waals surface area contributed by atoms with Crippen LogP contribution in [0.2, 0.25) is 0 Å². The summed E-state index contributed by atoms with van der Waals surface area (Å²) in [7, 11) is 1.59. The van der Waals surface area contributed by atoms with Crippen LogP contribution in [0, 0.1) is 6.92 Å². The molecular weight excluding hydrogens is 352 g/mol. The van der Waals surface area contributed by atoms with Gasteiger partial charge in [0.15, 0.2) is 0 Å². The van der Waals surface area contributed by atoms with Crippen LogP contribution in [-0.4, -0.2) is 27.7 Å². The number of carbonyl (C=O) groups is 1. The highest BCUT2D eigenvalue weighted by molar-refractivity contribution is 7.19. The van der Waals surface area contributed by atoms with Crippen LogP contribution in [0.15, 0.2) is 29.1 Å². The number of carboxylic acid groups (broad SMARTS) is 1. The van der Waals surface area contributed by atoms with Crippen molar-refractivity contribution in [1.29, 1.82) is 0 Å². The fraction of sp³-hybridized carbons (Fsp3) is 0.316. The Bertz CT molecular complexity index is 1040. The number of thiophene rings is 1. The number of aromatic nitrogens is 2. The van der Waals surface area contributed by atoms with Crippen molar-refractivity contribution in [1.82, 2.24) is 9.55 Å². The molecule has 0 fully saturated rings. The molecule has 1 N–H and O–H groups in total. The zero-order valence-corrected chi connectivity index (χ0v) is 15.7. The van der Waals surface area contributed by atoms with Crippen molar-refractivity contribution in [3.63, 3.8) is 0 Å². The summed E-state index contributed by atoms with van der Waals surface area (Å²) in [5.41, 5.74) is 1.35. The molecule has 3 aromatic rings. The number of ether oxygens (including phenoxy) is 1. The molecule has 0 amide bonds. The number of hydrogen-bond acceptors (Lipinski definition) is 5. The lowest BCUT2D eigenvalue weighted by atomic mass is 10.0. The molecule has 2 aromatic heterocycles. The first-order chi connectivity index (χ1) is 12.5. The minimum absolute atomic E-state index is 0.303. The second-order valence-electron chi connectivity index (χ2n) is 6.01. The molecule has 0 aliphatic heterocycles. The molecule has 0 aliphatic rings. The molecule has 0 saturated carbocycles. The van der Waals surface area contributed by atoms with E-state index in [-0.39, 0.29) is 12.1 Å². The van der Waals surface area contributed by atoms with E-state index in [4.69, 9.17) is 4.74 Å². The summed E-state index contributed by atoms with van der Waals surface area (Å²) in [6.07, 6.45) is 1.34. The smallest absolute Gasteiger partial charge is 0.323 e. The van der Waals surface area contributed by atoms with E-state index < -0.39 is 5.97 Å². The van der Waals surface area contributed by atoms with Crippen LogP contribution in [0.25, 0.3) is 21.3 Å². The lowest BCUT2D eigenvalue weighted by Crippen LogP contribution is -2.28. The van der Waals surface area contributed by atoms with Gasteiger partial charge in [0, 0.05) is 16.9 Å². The van der Waals surface area contributed by atoms with Gasteiger partial charge in [0.2, 0.25) is 0 Å². The molecule has 0 atom stereocenters. The first kappa shape index (κ1) is 18.1. The van der Waals surface area contributed by atoms with Crippen molar-refractivity contribution < 1.29 is 14.6 Å². The fourth-order valence-corrected chi connectivity index (χ4v) is 4.13. The molecule has 0 bridgehead atoms. The number of benzene rings is 1. The summed E-state index contributed by atoms with van der Waals surface area (Å²) in [6.45, 7) is 3.54. The maximum absolute atomic E-state index is 13.2. The number of aliphatic carboxylic acids is 1. The van der Waals surface area contributed by atoms with Gasteiger partial charge in [-0.05, 0) is 31.0 Å². The van der Waals surface area contributed by atoms with Crippen LogP contribution in [0.4, 0.5) is 0 Å². The van der Waals surface area contributed by atoms with Crippen LogP contribution in [-0.2, 0) is 17.8 Å². The monoisotopic (exact) mass is 372 g/mol. The first-order valence-electron chi connectivity index (χ1n) is 8.35. The highest BCUT2D eigenvalue weighted by atomic mass is 32.1. The van der Waals surface area contributed by atoms with Gasteiger partial charge in [-0.2, -0.15) is 0 Å². The number of rotatable bonds is 6. The van der Waals surface area contributed by atoms with Crippen molar-refractivity contribution in [2.24, 2.45) is 0 Å². The Kier molecular flexibility index (Phi) is 5.08. The molecule has 0 radical (unpaired) electrons. The standard InChI is InChI=1S/C19H20N2O4S/c1-4-6-14-20-18-17(19(24)21(14)10-15(22)23)16(11(2)26-18)12-7-5-8-13(9-12)25-3/h5,7-9H,4,6,10H2,1-3H3,(H,22,23). The van der Waals surface area contributed by atoms with Crippen LogP contribution >= 0.6 is 11.3 Å². The molecule has 0 unspecified atom stereocenters. The van der Waals surface area contributed by atoms with E-state index in [0.29, 0.717) is 28.2 Å². The minimum atomic E-state index is -1.06. The number of methoxy groups -OCH3 is 1. The number of nitrogens with zero attached hydrogens (tertiary/aromatic N) is 2. The average Bonchev–Trinajstić information content (AvgIpc) is 2.94. The van der Waals surface area contributed by atoms with Crippen LogP contribution in [0.1, 0.15) is 24.0 Å². The molecule has 0 saturated heterocycles. The van der Waals surface area contributed by atoms with Crippen molar-refractivity contribution >= 4 is 27.5 Å². The van der Waals surface area contributed by atoms with E-state index in [1.54, 1.807) is 7.11 Å². The van der Waals surface area contributed by atoms with E-state index in [2.05, 4.69) is 4.98 Å². The van der Waals surface area contributed by atoms with E-state index in [9.17, 15) is 14.7 Å². The van der Waals surface area contributed by atoms with Crippen LogP contribution in [0.5, 0.6) is 5.75 Å². The molecule has 136 valence electrons. The average molecular weight is 372 g/mol. The van der Waals surface area contributed by atoms with Crippen molar-refractivity contribution in [3.05, 3.63) is 45.3 Å². The lowest BCUT2D eigenvalue weighted by Gasteiger charge is -2.10. The topological polar surface area (TPSA) is 81.4 Å². The minimum Gasteiger partial charge on any atom is -0.497 e. The van der Waals surface area contributed by atoms with Gasteiger partial charge in [-0.1, -0.05) is 19.1 Å². The number of carboxylic acids is 1. The Balaban J connectivity index is 2.33. The van der Waals surface area contributed by atoms with E-state index in [1.807, 2.05) is 38.1 Å². The summed E-state index contributed by atoms with van der Waals surface area (Å²) in [6, 6.07) is 7.49. The maximum Gasteiger partial charge on any atom is 0.323 e. The molecule has 2 heterocycles. The number of aryl methyl sites for hydroxylation is 2. The third-order valence-corrected chi connectivity index (χ3v) is 5.19. The van der Waals surface area contributed by atoms with E-state index in [0.717, 1.165) is 22.4 Å². The van der Waals surface area contributed by atoms with Gasteiger partial charge in [-0.3, -0.25) is 14.2 Å². The van der Waals surface area contributed by atoms with Gasteiger partial charge in [0.1, 0.15) is 22.9 Å². The molecule has 6 nitrogen and oxygen atoms in total. The number of hydrogen-bond donors (Lipinski definition) is 1. The molecule has 26 heavy (non-hydrogen) atoms. The Morgan fingerprint density at radius 2 is 2.15 bits per heavy atom. The van der Waals surface area contributed by atoms with Gasteiger partial charge >= 0.3 is 5.97 Å². The van der Waals surface area contributed by atoms with Crippen LogP contribution < -0.4 is 10.3 Å². The molecule has 0 aliphatic carbocycles. The van der Waals surface area contributed by atoms with Crippen molar-refractivity contribution in [2.75, 3.05) is 7.11 Å². The highest BCUT2D eigenvalue weighted by Gasteiger charge is 2.20. The molecule has 1 aromatic carbocycles. The summed E-state index contributed by atoms with van der Waals surface area (Å²) < 4.78 is 6.57.